The maximum Gasteiger partial charge on any atom is 0.359 e. The van der Waals surface area contributed by atoms with Crippen molar-refractivity contribution in [2.24, 2.45) is 0 Å². The third-order valence-corrected chi connectivity index (χ3v) is 5.23. The molecule has 2 aromatic carbocycles. The summed E-state index contributed by atoms with van der Waals surface area (Å²) in [6.45, 7) is 2.02. The SMILES string of the molecule is CCOc1ccc(NC(=O)COC(=O)c2nn(-c3ccc(F)cc3)c3c2CCCC3)cc1. The highest BCUT2D eigenvalue weighted by molar-refractivity contribution is 5.95. The van der Waals surface area contributed by atoms with Gasteiger partial charge in [-0.15, -0.1) is 0 Å². The Balaban J connectivity index is 1.44. The van der Waals surface area contributed by atoms with Gasteiger partial charge in [0.15, 0.2) is 12.3 Å². The lowest BCUT2D eigenvalue weighted by Gasteiger charge is -2.14. The standard InChI is InChI=1S/C24H24FN3O4/c1-2-31-19-13-9-17(10-14-19)26-22(29)15-32-24(30)23-20-5-3-4-6-21(20)28(27-23)18-11-7-16(25)8-12-18/h7-14H,2-6,15H2,1H3,(H,26,29). The molecule has 0 spiro atoms. The van der Waals surface area contributed by atoms with E-state index in [1.807, 2.05) is 6.92 Å². The first-order valence-electron chi connectivity index (χ1n) is 10.6. The molecule has 3 aromatic rings. The zero-order valence-electron chi connectivity index (χ0n) is 17.8. The first-order valence-corrected chi connectivity index (χ1v) is 10.6. The zero-order chi connectivity index (χ0) is 22.5. The lowest BCUT2D eigenvalue weighted by atomic mass is 9.95. The molecular weight excluding hydrogens is 413 g/mol. The predicted molar refractivity (Wildman–Crippen MR) is 117 cm³/mol. The summed E-state index contributed by atoms with van der Waals surface area (Å²) in [5, 5.41) is 7.14. The smallest absolute Gasteiger partial charge is 0.359 e. The molecule has 0 radical (unpaired) electrons. The fraction of sp³-hybridized carbons (Fsp3) is 0.292. The molecule has 0 saturated carbocycles. The number of benzene rings is 2. The number of amides is 1. The van der Waals surface area contributed by atoms with E-state index in [4.69, 9.17) is 9.47 Å². The van der Waals surface area contributed by atoms with Crippen LogP contribution in [-0.4, -0.2) is 34.9 Å². The number of hydrogen-bond acceptors (Lipinski definition) is 5. The molecule has 1 amide bonds. The van der Waals surface area contributed by atoms with E-state index in [-0.39, 0.29) is 11.5 Å². The van der Waals surface area contributed by atoms with Crippen molar-refractivity contribution in [2.45, 2.75) is 32.6 Å². The van der Waals surface area contributed by atoms with Gasteiger partial charge in [-0.1, -0.05) is 0 Å². The van der Waals surface area contributed by atoms with Crippen LogP contribution in [0.25, 0.3) is 5.69 Å². The minimum absolute atomic E-state index is 0.206. The van der Waals surface area contributed by atoms with Crippen LogP contribution in [0, 0.1) is 5.82 Å². The van der Waals surface area contributed by atoms with Crippen molar-refractivity contribution in [1.82, 2.24) is 9.78 Å². The second-order valence-corrected chi connectivity index (χ2v) is 7.45. The Hall–Kier alpha value is -3.68. The molecule has 0 saturated heterocycles. The highest BCUT2D eigenvalue weighted by atomic mass is 19.1. The van der Waals surface area contributed by atoms with Gasteiger partial charge >= 0.3 is 5.97 Å². The number of ether oxygens (including phenoxy) is 2. The van der Waals surface area contributed by atoms with E-state index in [1.165, 1.54) is 12.1 Å². The van der Waals surface area contributed by atoms with Crippen molar-refractivity contribution >= 4 is 17.6 Å². The minimum Gasteiger partial charge on any atom is -0.494 e. The van der Waals surface area contributed by atoms with Crippen LogP contribution in [0.2, 0.25) is 0 Å². The first kappa shape index (κ1) is 21.5. The fourth-order valence-corrected chi connectivity index (χ4v) is 3.76. The van der Waals surface area contributed by atoms with Gasteiger partial charge in [0.2, 0.25) is 0 Å². The van der Waals surface area contributed by atoms with Crippen molar-refractivity contribution in [3.8, 4) is 11.4 Å². The molecule has 0 unspecified atom stereocenters. The van der Waals surface area contributed by atoms with E-state index in [1.54, 1.807) is 41.1 Å². The molecule has 166 valence electrons. The second kappa shape index (κ2) is 9.64. The van der Waals surface area contributed by atoms with Gasteiger partial charge in [-0.25, -0.2) is 13.9 Å². The molecule has 0 fully saturated rings. The van der Waals surface area contributed by atoms with Crippen LogP contribution < -0.4 is 10.1 Å². The number of aromatic nitrogens is 2. The molecule has 0 aliphatic heterocycles. The van der Waals surface area contributed by atoms with Gasteiger partial charge in [-0.05, 0) is 81.1 Å². The quantitative estimate of drug-likeness (QED) is 0.563. The normalized spacial score (nSPS) is 12.7. The monoisotopic (exact) mass is 437 g/mol. The predicted octanol–water partition coefficient (Wildman–Crippen LogP) is 4.08. The molecule has 7 nitrogen and oxygen atoms in total. The van der Waals surface area contributed by atoms with E-state index < -0.39 is 18.5 Å². The third-order valence-electron chi connectivity index (χ3n) is 5.23. The number of nitrogens with zero attached hydrogens (tertiary/aromatic N) is 2. The Morgan fingerprint density at radius 2 is 1.78 bits per heavy atom. The molecule has 1 aliphatic carbocycles. The third kappa shape index (κ3) is 4.80. The lowest BCUT2D eigenvalue weighted by Crippen LogP contribution is -2.21. The van der Waals surface area contributed by atoms with Crippen LogP contribution in [0.3, 0.4) is 0 Å². The zero-order valence-corrected chi connectivity index (χ0v) is 17.8. The lowest BCUT2D eigenvalue weighted by molar-refractivity contribution is -0.119. The highest BCUT2D eigenvalue weighted by Crippen LogP contribution is 2.27. The summed E-state index contributed by atoms with van der Waals surface area (Å²) < 4.78 is 25.6. The van der Waals surface area contributed by atoms with Crippen LogP contribution in [0.15, 0.2) is 48.5 Å². The first-order chi connectivity index (χ1) is 15.5. The molecule has 32 heavy (non-hydrogen) atoms. The van der Waals surface area contributed by atoms with Crippen molar-refractivity contribution in [3.63, 3.8) is 0 Å². The number of carbonyl (C=O) groups excluding carboxylic acids is 2. The Morgan fingerprint density at radius 3 is 2.50 bits per heavy atom. The number of nitrogens with one attached hydrogen (secondary N) is 1. The van der Waals surface area contributed by atoms with E-state index in [2.05, 4.69) is 10.4 Å². The molecule has 1 aliphatic rings. The number of rotatable bonds is 7. The number of esters is 1. The number of anilines is 1. The number of fused-ring (bicyclic) bond motifs is 1. The van der Waals surface area contributed by atoms with Crippen molar-refractivity contribution in [1.29, 1.82) is 0 Å². The van der Waals surface area contributed by atoms with Crippen LogP contribution in [0.1, 0.15) is 41.5 Å². The van der Waals surface area contributed by atoms with Crippen molar-refractivity contribution < 1.29 is 23.5 Å². The van der Waals surface area contributed by atoms with Gasteiger partial charge < -0.3 is 14.8 Å². The maximum atomic E-state index is 13.3. The average Bonchev–Trinajstić information content (AvgIpc) is 3.19. The molecule has 8 heteroatoms. The van der Waals surface area contributed by atoms with Gasteiger partial charge in [0.1, 0.15) is 11.6 Å². The molecule has 0 bridgehead atoms. The summed E-state index contributed by atoms with van der Waals surface area (Å²) in [7, 11) is 0. The summed E-state index contributed by atoms with van der Waals surface area (Å²) in [6.07, 6.45) is 3.41. The fourth-order valence-electron chi connectivity index (χ4n) is 3.76. The molecule has 1 aromatic heterocycles. The van der Waals surface area contributed by atoms with E-state index in [9.17, 15) is 14.0 Å². The Morgan fingerprint density at radius 1 is 1.06 bits per heavy atom. The topological polar surface area (TPSA) is 82.4 Å². The number of halogens is 1. The van der Waals surface area contributed by atoms with E-state index in [0.717, 1.165) is 30.5 Å². The molecule has 4 rings (SSSR count). The number of hydrogen-bond donors (Lipinski definition) is 1. The van der Waals surface area contributed by atoms with Crippen LogP contribution in [0.4, 0.5) is 10.1 Å². The van der Waals surface area contributed by atoms with Crippen LogP contribution in [0.5, 0.6) is 5.75 Å². The van der Waals surface area contributed by atoms with Crippen LogP contribution in [-0.2, 0) is 22.4 Å². The summed E-state index contributed by atoms with van der Waals surface area (Å²) >= 11 is 0. The van der Waals surface area contributed by atoms with E-state index in [0.29, 0.717) is 30.2 Å². The van der Waals surface area contributed by atoms with Gasteiger partial charge in [-0.3, -0.25) is 4.79 Å². The number of carbonyl (C=O) groups is 2. The molecule has 0 atom stereocenters. The summed E-state index contributed by atoms with van der Waals surface area (Å²) in [5.41, 5.74) is 3.22. The van der Waals surface area contributed by atoms with E-state index >= 15 is 0 Å². The second-order valence-electron chi connectivity index (χ2n) is 7.45. The molecule has 1 N–H and O–H groups in total. The largest absolute Gasteiger partial charge is 0.494 e. The maximum absolute atomic E-state index is 13.3. The molecular formula is C24H24FN3O4. The van der Waals surface area contributed by atoms with Crippen molar-refractivity contribution in [2.75, 3.05) is 18.5 Å². The Kier molecular flexibility index (Phi) is 6.49. The minimum atomic E-state index is -0.647. The van der Waals surface area contributed by atoms with Gasteiger partial charge in [0, 0.05) is 16.9 Å². The molecule has 1 heterocycles. The van der Waals surface area contributed by atoms with Gasteiger partial charge in [-0.2, -0.15) is 5.10 Å². The summed E-state index contributed by atoms with van der Waals surface area (Å²) in [4.78, 5) is 25.0. The highest BCUT2D eigenvalue weighted by Gasteiger charge is 2.27. The summed E-state index contributed by atoms with van der Waals surface area (Å²) in [5.74, 6) is -0.730. The average molecular weight is 437 g/mol. The van der Waals surface area contributed by atoms with Crippen LogP contribution >= 0.6 is 0 Å². The Bertz CT molecular complexity index is 1110. The van der Waals surface area contributed by atoms with Gasteiger partial charge in [0.25, 0.3) is 5.91 Å². The summed E-state index contributed by atoms with van der Waals surface area (Å²) in [6, 6.07) is 12.9. The van der Waals surface area contributed by atoms with Crippen molar-refractivity contribution in [3.05, 3.63) is 71.3 Å². The van der Waals surface area contributed by atoms with Gasteiger partial charge in [0.05, 0.1) is 12.3 Å². The Labute approximate surface area is 185 Å².